The Bertz CT molecular complexity index is 1350. The van der Waals surface area contributed by atoms with Crippen LogP contribution in [0.15, 0.2) is 71.1 Å². The van der Waals surface area contributed by atoms with E-state index in [1.165, 1.54) is 24.3 Å². The van der Waals surface area contributed by atoms with Gasteiger partial charge in [0, 0.05) is 6.81 Å². The third-order valence-corrected chi connectivity index (χ3v) is 4.92. The first-order valence-corrected chi connectivity index (χ1v) is 10.5. The fourth-order valence-electron chi connectivity index (χ4n) is 3.43. The van der Waals surface area contributed by atoms with Crippen molar-refractivity contribution in [2.45, 2.75) is 26.6 Å². The average Bonchev–Trinajstić information content (AvgIpc) is 3.21. The molecule has 1 heterocycles. The number of rotatable bonds is 7. The van der Waals surface area contributed by atoms with Crippen LogP contribution < -0.4 is 10.1 Å². The summed E-state index contributed by atoms with van der Waals surface area (Å²) in [6, 6.07) is 17.8. The molecule has 0 fully saturated rings. The largest absolute Gasteiger partial charge is 0.491 e. The van der Waals surface area contributed by atoms with Gasteiger partial charge in [-0.25, -0.2) is 14.0 Å². The summed E-state index contributed by atoms with van der Waals surface area (Å²) in [4.78, 5) is 23.9. The maximum atomic E-state index is 13.2. The van der Waals surface area contributed by atoms with Crippen LogP contribution in [0, 0.1) is 5.82 Å². The number of furan rings is 1. The van der Waals surface area contributed by atoms with Gasteiger partial charge in [-0.05, 0) is 73.5 Å². The molecule has 0 spiro atoms. The van der Waals surface area contributed by atoms with Crippen molar-refractivity contribution >= 4 is 28.7 Å². The number of halogens is 1. The molecule has 0 radical (unpaired) electrons. The Balaban J connectivity index is 0.00000342. The Labute approximate surface area is 196 Å². The van der Waals surface area contributed by atoms with Gasteiger partial charge in [-0.3, -0.25) is 5.32 Å². The van der Waals surface area contributed by atoms with Crippen molar-refractivity contribution < 1.29 is 34.4 Å². The molecule has 0 unspecified atom stereocenters. The number of anilines is 1. The molecule has 1 amide bonds. The van der Waals surface area contributed by atoms with Crippen molar-refractivity contribution in [1.82, 2.24) is 0 Å². The molecule has 0 saturated heterocycles. The first-order chi connectivity index (χ1) is 16.3. The molecule has 7 nitrogen and oxygen atoms in total. The lowest BCUT2D eigenvalue weighted by molar-refractivity contribution is 0.0697. The SMILES string of the molecule is CC(C)Oc1ccc(NC(=O)OCc2cc3cc(-c4ccc(F)cc4)ccc3o2)c(C(=O)O)c1.[HH]. The Morgan fingerprint density at radius 3 is 2.47 bits per heavy atom. The highest BCUT2D eigenvalue weighted by atomic mass is 19.1. The molecule has 0 aliphatic carbocycles. The number of nitrogens with one attached hydrogen (secondary N) is 1. The summed E-state index contributed by atoms with van der Waals surface area (Å²) in [5, 5.41) is 12.7. The molecule has 4 rings (SSSR count). The van der Waals surface area contributed by atoms with E-state index in [2.05, 4.69) is 5.32 Å². The van der Waals surface area contributed by atoms with Crippen molar-refractivity contribution in [2.75, 3.05) is 5.32 Å². The molecular weight excluding hydrogens is 441 g/mol. The van der Waals surface area contributed by atoms with Gasteiger partial charge >= 0.3 is 12.1 Å². The number of aromatic carboxylic acids is 1. The zero-order chi connectivity index (χ0) is 24.2. The second-order valence-corrected chi connectivity index (χ2v) is 7.85. The van der Waals surface area contributed by atoms with E-state index in [-0.39, 0.29) is 31.2 Å². The van der Waals surface area contributed by atoms with Gasteiger partial charge in [0.1, 0.15) is 22.9 Å². The molecule has 34 heavy (non-hydrogen) atoms. The van der Waals surface area contributed by atoms with Gasteiger partial charge in [0.05, 0.1) is 17.4 Å². The number of amides is 1. The first kappa shape index (κ1) is 22.8. The van der Waals surface area contributed by atoms with E-state index < -0.39 is 12.1 Å². The summed E-state index contributed by atoms with van der Waals surface area (Å²) in [6.07, 6.45) is -0.950. The minimum absolute atomic E-state index is 0. The van der Waals surface area contributed by atoms with E-state index in [0.717, 1.165) is 16.5 Å². The highest BCUT2D eigenvalue weighted by Gasteiger charge is 2.16. The Morgan fingerprint density at radius 2 is 1.76 bits per heavy atom. The minimum Gasteiger partial charge on any atom is -0.491 e. The Kier molecular flexibility index (Phi) is 6.49. The van der Waals surface area contributed by atoms with Gasteiger partial charge in [-0.2, -0.15) is 0 Å². The minimum atomic E-state index is -1.21. The molecule has 0 saturated carbocycles. The summed E-state index contributed by atoms with van der Waals surface area (Å²) >= 11 is 0. The van der Waals surface area contributed by atoms with Crippen LogP contribution in [0.4, 0.5) is 14.9 Å². The van der Waals surface area contributed by atoms with Crippen molar-refractivity contribution in [2.24, 2.45) is 0 Å². The van der Waals surface area contributed by atoms with E-state index in [1.807, 2.05) is 26.0 Å². The smallest absolute Gasteiger partial charge is 0.412 e. The molecule has 3 aromatic carbocycles. The van der Waals surface area contributed by atoms with Gasteiger partial charge < -0.3 is 19.0 Å². The maximum absolute atomic E-state index is 13.2. The van der Waals surface area contributed by atoms with E-state index >= 15 is 0 Å². The van der Waals surface area contributed by atoms with Crippen LogP contribution in [-0.4, -0.2) is 23.3 Å². The predicted octanol–water partition coefficient (Wildman–Crippen LogP) is 6.72. The second-order valence-electron chi connectivity index (χ2n) is 7.85. The van der Waals surface area contributed by atoms with Gasteiger partial charge in [-0.15, -0.1) is 0 Å². The number of carboxylic acids is 1. The van der Waals surface area contributed by atoms with Gasteiger partial charge in [0.2, 0.25) is 0 Å². The summed E-state index contributed by atoms with van der Waals surface area (Å²) in [6.45, 7) is 3.50. The number of carbonyl (C=O) groups excluding carboxylic acids is 1. The fourth-order valence-corrected chi connectivity index (χ4v) is 3.43. The lowest BCUT2D eigenvalue weighted by Gasteiger charge is -2.13. The van der Waals surface area contributed by atoms with Crippen molar-refractivity contribution in [3.8, 4) is 16.9 Å². The number of carbonyl (C=O) groups is 2. The monoisotopic (exact) mass is 465 g/mol. The highest BCUT2D eigenvalue weighted by molar-refractivity contribution is 5.99. The second kappa shape index (κ2) is 9.66. The number of ether oxygens (including phenoxy) is 2. The van der Waals surface area contributed by atoms with Crippen LogP contribution in [0.1, 0.15) is 31.4 Å². The highest BCUT2D eigenvalue weighted by Crippen LogP contribution is 2.28. The van der Waals surface area contributed by atoms with Crippen LogP contribution in [0.2, 0.25) is 0 Å². The number of benzene rings is 3. The van der Waals surface area contributed by atoms with E-state index in [4.69, 9.17) is 13.9 Å². The molecule has 0 atom stereocenters. The lowest BCUT2D eigenvalue weighted by Crippen LogP contribution is -2.16. The quantitative estimate of drug-likeness (QED) is 0.314. The van der Waals surface area contributed by atoms with Gasteiger partial charge in [0.15, 0.2) is 6.61 Å². The normalized spacial score (nSPS) is 10.9. The Morgan fingerprint density at radius 1 is 1.03 bits per heavy atom. The van der Waals surface area contributed by atoms with Crippen molar-refractivity contribution in [1.29, 1.82) is 0 Å². The lowest BCUT2D eigenvalue weighted by atomic mass is 10.0. The number of carboxylic acid groups (broad SMARTS) is 1. The molecule has 8 heteroatoms. The predicted molar refractivity (Wildman–Crippen MR) is 127 cm³/mol. The Hall–Kier alpha value is -4.33. The zero-order valence-electron chi connectivity index (χ0n) is 18.5. The van der Waals surface area contributed by atoms with Crippen LogP contribution in [-0.2, 0) is 11.3 Å². The molecule has 4 aromatic rings. The summed E-state index contributed by atoms with van der Waals surface area (Å²) in [7, 11) is 0. The fraction of sp³-hybridized carbons (Fsp3) is 0.154. The molecule has 1 aromatic heterocycles. The van der Waals surface area contributed by atoms with Crippen LogP contribution in [0.3, 0.4) is 0 Å². The van der Waals surface area contributed by atoms with Crippen molar-refractivity contribution in [3.05, 3.63) is 83.9 Å². The summed E-state index contributed by atoms with van der Waals surface area (Å²) in [5.74, 6) is -0.714. The average molecular weight is 465 g/mol. The summed E-state index contributed by atoms with van der Waals surface area (Å²) < 4.78 is 29.6. The number of hydrogen-bond acceptors (Lipinski definition) is 5. The molecule has 0 bridgehead atoms. The third kappa shape index (κ3) is 5.35. The standard InChI is InChI=1S/C26H22FNO6.H2/c1-15(2)33-20-8-9-23(22(13-20)25(29)30)28-26(31)32-14-21-12-18-11-17(5-10-24(18)34-21)16-3-6-19(27)7-4-16;/h3-13,15H,14H2,1-2H3,(H,28,31)(H,29,30);1H. The third-order valence-electron chi connectivity index (χ3n) is 4.92. The molecule has 176 valence electrons. The molecule has 0 aliphatic heterocycles. The molecule has 0 aliphatic rings. The number of hydrogen-bond donors (Lipinski definition) is 2. The maximum Gasteiger partial charge on any atom is 0.412 e. The topological polar surface area (TPSA) is 98.0 Å². The van der Waals surface area contributed by atoms with Crippen molar-refractivity contribution in [3.63, 3.8) is 0 Å². The van der Waals surface area contributed by atoms with Gasteiger partial charge in [-0.1, -0.05) is 18.2 Å². The summed E-state index contributed by atoms with van der Waals surface area (Å²) in [5.41, 5.74) is 2.33. The van der Waals surface area contributed by atoms with Crippen LogP contribution >= 0.6 is 0 Å². The van der Waals surface area contributed by atoms with E-state index in [9.17, 15) is 19.1 Å². The molecular formula is C26H24FNO6. The number of fused-ring (bicyclic) bond motifs is 1. The zero-order valence-corrected chi connectivity index (χ0v) is 18.5. The first-order valence-electron chi connectivity index (χ1n) is 10.5. The van der Waals surface area contributed by atoms with E-state index in [1.54, 1.807) is 30.3 Å². The molecule has 2 N–H and O–H groups in total. The van der Waals surface area contributed by atoms with Gasteiger partial charge in [0.25, 0.3) is 0 Å². The van der Waals surface area contributed by atoms with Crippen LogP contribution in [0.25, 0.3) is 22.1 Å². The van der Waals surface area contributed by atoms with Crippen LogP contribution in [0.5, 0.6) is 5.75 Å². The van der Waals surface area contributed by atoms with E-state index in [0.29, 0.717) is 17.1 Å².